The maximum atomic E-state index is 13.3. The average molecular weight is 312 g/mol. The van der Waals surface area contributed by atoms with E-state index in [0.29, 0.717) is 17.1 Å². The van der Waals surface area contributed by atoms with Crippen LogP contribution in [0.15, 0.2) is 35.1 Å². The quantitative estimate of drug-likeness (QED) is 0.925. The first kappa shape index (κ1) is 13.1. The first-order valence-electron chi connectivity index (χ1n) is 5.78. The fourth-order valence-electron chi connectivity index (χ4n) is 1.57. The molecule has 0 amide bonds. The minimum absolute atomic E-state index is 0.243. The minimum Gasteiger partial charge on any atom is -0.378 e. The van der Waals surface area contributed by atoms with Crippen LogP contribution in [0.1, 0.15) is 25.5 Å². The van der Waals surface area contributed by atoms with Crippen LogP contribution >= 0.6 is 15.9 Å². The number of aromatic nitrogens is 2. The number of halogens is 2. The molecule has 18 heavy (non-hydrogen) atoms. The molecule has 96 valence electrons. The molecule has 0 bridgehead atoms. The first-order chi connectivity index (χ1) is 8.56. The third-order valence-electron chi connectivity index (χ3n) is 2.61. The van der Waals surface area contributed by atoms with Gasteiger partial charge in [0.05, 0.1) is 16.4 Å². The van der Waals surface area contributed by atoms with Crippen molar-refractivity contribution in [1.82, 2.24) is 9.78 Å². The van der Waals surface area contributed by atoms with Crippen LogP contribution in [-0.4, -0.2) is 9.78 Å². The van der Waals surface area contributed by atoms with Gasteiger partial charge in [0.1, 0.15) is 5.82 Å². The molecule has 1 heterocycles. The summed E-state index contributed by atoms with van der Waals surface area (Å²) < 4.78 is 15.7. The Morgan fingerprint density at radius 1 is 1.44 bits per heavy atom. The van der Waals surface area contributed by atoms with Crippen LogP contribution in [0.3, 0.4) is 0 Å². The Kier molecular flexibility index (Phi) is 4.01. The Hall–Kier alpha value is -1.36. The predicted molar refractivity (Wildman–Crippen MR) is 74.0 cm³/mol. The van der Waals surface area contributed by atoms with E-state index < -0.39 is 0 Å². The molecule has 0 saturated carbocycles. The van der Waals surface area contributed by atoms with E-state index in [4.69, 9.17) is 0 Å². The van der Waals surface area contributed by atoms with Crippen LogP contribution in [0, 0.1) is 5.82 Å². The fraction of sp³-hybridized carbons (Fsp3) is 0.308. The van der Waals surface area contributed by atoms with E-state index in [9.17, 15) is 4.39 Å². The maximum absolute atomic E-state index is 13.3. The van der Waals surface area contributed by atoms with Gasteiger partial charge in [0.25, 0.3) is 0 Å². The van der Waals surface area contributed by atoms with Crippen molar-refractivity contribution in [3.8, 4) is 0 Å². The SMILES string of the molecule is CC(C)n1cc(NCc2ccc(Br)c(F)c2)cn1. The third kappa shape index (κ3) is 3.10. The Morgan fingerprint density at radius 2 is 2.22 bits per heavy atom. The summed E-state index contributed by atoms with van der Waals surface area (Å²) in [6.07, 6.45) is 3.72. The highest BCUT2D eigenvalue weighted by Crippen LogP contribution is 2.17. The molecule has 0 aliphatic rings. The summed E-state index contributed by atoms with van der Waals surface area (Å²) in [5.41, 5.74) is 1.83. The van der Waals surface area contributed by atoms with Gasteiger partial charge in [0.15, 0.2) is 0 Å². The Balaban J connectivity index is 2.00. The van der Waals surface area contributed by atoms with E-state index in [0.717, 1.165) is 11.3 Å². The van der Waals surface area contributed by atoms with Crippen molar-refractivity contribution in [2.45, 2.75) is 26.4 Å². The van der Waals surface area contributed by atoms with Crippen LogP contribution in [0.2, 0.25) is 0 Å². The molecule has 2 aromatic rings. The van der Waals surface area contributed by atoms with Crippen molar-refractivity contribution >= 4 is 21.6 Å². The van der Waals surface area contributed by atoms with Gasteiger partial charge in [-0.1, -0.05) is 6.07 Å². The lowest BCUT2D eigenvalue weighted by Crippen LogP contribution is -2.01. The van der Waals surface area contributed by atoms with Crippen LogP contribution in [0.4, 0.5) is 10.1 Å². The highest BCUT2D eigenvalue weighted by Gasteiger charge is 2.03. The summed E-state index contributed by atoms with van der Waals surface area (Å²) in [6.45, 7) is 4.72. The van der Waals surface area contributed by atoms with E-state index in [1.807, 2.05) is 16.9 Å². The molecule has 1 aromatic heterocycles. The number of rotatable bonds is 4. The zero-order chi connectivity index (χ0) is 13.1. The summed E-state index contributed by atoms with van der Waals surface area (Å²) in [4.78, 5) is 0. The minimum atomic E-state index is -0.243. The van der Waals surface area contributed by atoms with E-state index in [1.165, 1.54) is 6.07 Å². The fourth-order valence-corrected chi connectivity index (χ4v) is 1.81. The molecule has 2 rings (SSSR count). The third-order valence-corrected chi connectivity index (χ3v) is 3.25. The van der Waals surface area contributed by atoms with E-state index in [1.54, 1.807) is 12.3 Å². The topological polar surface area (TPSA) is 29.9 Å². The molecule has 0 aliphatic heterocycles. The van der Waals surface area contributed by atoms with E-state index in [-0.39, 0.29) is 5.82 Å². The molecule has 3 nitrogen and oxygen atoms in total. The smallest absolute Gasteiger partial charge is 0.137 e. The molecule has 0 radical (unpaired) electrons. The molecule has 0 atom stereocenters. The summed E-state index contributed by atoms with van der Waals surface area (Å²) in [5.74, 6) is -0.243. The normalized spacial score (nSPS) is 10.9. The molecule has 1 aromatic carbocycles. The van der Waals surface area contributed by atoms with E-state index >= 15 is 0 Å². The lowest BCUT2D eigenvalue weighted by molar-refractivity contribution is 0.532. The van der Waals surface area contributed by atoms with Crippen LogP contribution in [0.5, 0.6) is 0 Å². The monoisotopic (exact) mass is 311 g/mol. The summed E-state index contributed by atoms with van der Waals surface area (Å²) in [5, 5.41) is 7.45. The summed E-state index contributed by atoms with van der Waals surface area (Å²) in [6, 6.07) is 5.45. The molecular formula is C13H15BrFN3. The number of hydrogen-bond donors (Lipinski definition) is 1. The summed E-state index contributed by atoms with van der Waals surface area (Å²) >= 11 is 3.14. The molecular weight excluding hydrogens is 297 g/mol. The molecule has 0 unspecified atom stereocenters. The van der Waals surface area contributed by atoms with Crippen LogP contribution in [-0.2, 0) is 6.54 Å². The van der Waals surface area contributed by atoms with Gasteiger partial charge in [-0.05, 0) is 47.5 Å². The number of hydrogen-bond acceptors (Lipinski definition) is 2. The second-order valence-corrected chi connectivity index (χ2v) is 5.26. The van der Waals surface area contributed by atoms with Gasteiger partial charge < -0.3 is 5.32 Å². The molecule has 0 spiro atoms. The molecule has 0 fully saturated rings. The Labute approximate surface area is 114 Å². The largest absolute Gasteiger partial charge is 0.378 e. The summed E-state index contributed by atoms with van der Waals surface area (Å²) in [7, 11) is 0. The van der Waals surface area contributed by atoms with Crippen LogP contribution < -0.4 is 5.32 Å². The molecule has 5 heteroatoms. The Morgan fingerprint density at radius 3 is 2.83 bits per heavy atom. The van der Waals surface area contributed by atoms with Crippen LogP contribution in [0.25, 0.3) is 0 Å². The first-order valence-corrected chi connectivity index (χ1v) is 6.57. The maximum Gasteiger partial charge on any atom is 0.137 e. The highest BCUT2D eigenvalue weighted by molar-refractivity contribution is 9.10. The lowest BCUT2D eigenvalue weighted by atomic mass is 10.2. The highest BCUT2D eigenvalue weighted by atomic mass is 79.9. The number of nitrogens with one attached hydrogen (secondary N) is 1. The number of benzene rings is 1. The van der Waals surface area contributed by atoms with Gasteiger partial charge in [-0.2, -0.15) is 5.10 Å². The second kappa shape index (κ2) is 5.52. The lowest BCUT2D eigenvalue weighted by Gasteiger charge is -2.05. The van der Waals surface area contributed by atoms with Crippen molar-refractivity contribution in [1.29, 1.82) is 0 Å². The van der Waals surface area contributed by atoms with Gasteiger partial charge in [0, 0.05) is 18.8 Å². The second-order valence-electron chi connectivity index (χ2n) is 4.40. The van der Waals surface area contributed by atoms with Gasteiger partial charge in [-0.3, -0.25) is 4.68 Å². The number of nitrogens with zero attached hydrogens (tertiary/aromatic N) is 2. The van der Waals surface area contributed by atoms with Gasteiger partial charge in [-0.25, -0.2) is 4.39 Å². The van der Waals surface area contributed by atoms with E-state index in [2.05, 4.69) is 40.2 Å². The molecule has 1 N–H and O–H groups in total. The van der Waals surface area contributed by atoms with Crippen molar-refractivity contribution in [3.63, 3.8) is 0 Å². The standard InChI is InChI=1S/C13H15BrFN3/c1-9(2)18-8-11(7-17-18)16-6-10-3-4-12(14)13(15)5-10/h3-5,7-9,16H,6H2,1-2H3. The zero-order valence-electron chi connectivity index (χ0n) is 10.3. The molecule has 0 aliphatic carbocycles. The van der Waals surface area contributed by atoms with Gasteiger partial charge in [-0.15, -0.1) is 0 Å². The van der Waals surface area contributed by atoms with Crippen molar-refractivity contribution in [3.05, 3.63) is 46.4 Å². The zero-order valence-corrected chi connectivity index (χ0v) is 11.9. The van der Waals surface area contributed by atoms with Crippen molar-refractivity contribution < 1.29 is 4.39 Å². The predicted octanol–water partition coefficient (Wildman–Crippen LogP) is 3.98. The Bertz CT molecular complexity index is 537. The van der Waals surface area contributed by atoms with Gasteiger partial charge in [0.2, 0.25) is 0 Å². The molecule has 0 saturated heterocycles. The van der Waals surface area contributed by atoms with Gasteiger partial charge >= 0.3 is 0 Å². The van der Waals surface area contributed by atoms with Crippen molar-refractivity contribution in [2.75, 3.05) is 5.32 Å². The van der Waals surface area contributed by atoms with Crippen molar-refractivity contribution in [2.24, 2.45) is 0 Å². The average Bonchev–Trinajstić information content (AvgIpc) is 2.79. The number of anilines is 1.